The van der Waals surface area contributed by atoms with Gasteiger partial charge in [0.1, 0.15) is 0 Å². The number of rotatable bonds is 2. The Labute approximate surface area is 88.3 Å². The average molecular weight is 197 g/mol. The highest BCUT2D eigenvalue weighted by molar-refractivity contribution is 4.15. The van der Waals surface area contributed by atoms with Crippen molar-refractivity contribution < 1.29 is 4.74 Å². The Morgan fingerprint density at radius 1 is 0.923 bits per heavy atom. The minimum atomic E-state index is 0. The van der Waals surface area contributed by atoms with E-state index < -0.39 is 0 Å². The average Bonchev–Trinajstić information content (AvgIpc) is 1.66. The summed E-state index contributed by atoms with van der Waals surface area (Å²) in [5.74, 6) is 0. The smallest absolute Gasteiger partial charge is 0.0459 e. The van der Waals surface area contributed by atoms with Gasteiger partial charge >= 0.3 is 0 Å². The van der Waals surface area contributed by atoms with Gasteiger partial charge in [-0.15, -0.1) is 0 Å². The molecule has 0 aliphatic rings. The van der Waals surface area contributed by atoms with Crippen molar-refractivity contribution in [2.24, 2.45) is 0 Å². The molecule has 2 heteroatoms. The summed E-state index contributed by atoms with van der Waals surface area (Å²) in [7, 11) is 7.71. The van der Waals surface area contributed by atoms with Crippen LogP contribution in [-0.2, 0) is 4.74 Å². The van der Waals surface area contributed by atoms with Gasteiger partial charge in [-0.25, -0.2) is 0 Å². The fourth-order valence-electron chi connectivity index (χ4n) is 0.204. The molecular weight excluding hydrogens is 162 g/mol. The Kier molecular flexibility index (Phi) is 120. The summed E-state index contributed by atoms with van der Waals surface area (Å²) < 4.78 is 4.69. The Hall–Kier alpha value is -0.0800. The van der Waals surface area contributed by atoms with E-state index in [9.17, 15) is 0 Å². The van der Waals surface area contributed by atoms with Gasteiger partial charge in [-0.1, -0.05) is 36.6 Å². The maximum Gasteiger partial charge on any atom is 0.0459 e. The summed E-state index contributed by atoms with van der Waals surface area (Å²) in [5, 5.41) is 0. The van der Waals surface area contributed by atoms with Crippen LogP contribution in [0.15, 0.2) is 0 Å². The lowest BCUT2D eigenvalue weighted by molar-refractivity contribution is 0.199. The fraction of sp³-hybridized carbons (Fsp3) is 1.00. The number of hydrogen-bond donors (Lipinski definition) is 0. The van der Waals surface area contributed by atoms with Gasteiger partial charge in [0.15, 0.2) is 0 Å². The van der Waals surface area contributed by atoms with Gasteiger partial charge in [0.25, 0.3) is 0 Å². The molecule has 0 fully saturated rings. The van der Waals surface area contributed by atoms with Gasteiger partial charge in [0.2, 0.25) is 0 Å². The number of methoxy groups -OCH3 is 1. The molecule has 0 saturated heterocycles. The highest BCUT2D eigenvalue weighted by atomic mass is 16.5. The highest BCUT2D eigenvalue weighted by Crippen LogP contribution is 1.70. The quantitative estimate of drug-likeness (QED) is 0.668. The molecule has 0 atom stereocenters. The Morgan fingerprint density at radius 3 is 1.15 bits per heavy atom. The molecule has 0 aromatic carbocycles. The number of hydrogen-bond acceptors (Lipinski definition) is 2. The van der Waals surface area contributed by atoms with Gasteiger partial charge < -0.3 is 9.64 Å². The van der Waals surface area contributed by atoms with Crippen LogP contribution < -0.4 is 0 Å². The van der Waals surface area contributed by atoms with E-state index in [1.807, 2.05) is 26.0 Å². The van der Waals surface area contributed by atoms with Crippen LogP contribution in [0.3, 0.4) is 0 Å². The summed E-state index contributed by atoms with van der Waals surface area (Å²) in [6.07, 6.45) is 1.12. The van der Waals surface area contributed by atoms with Crippen molar-refractivity contribution in [3.8, 4) is 0 Å². The maximum absolute atomic E-state index is 4.69. The molecule has 0 aliphatic heterocycles. The maximum atomic E-state index is 4.69. The van der Waals surface area contributed by atoms with Gasteiger partial charge in [0, 0.05) is 13.7 Å². The summed E-state index contributed by atoms with van der Waals surface area (Å²) in [5.41, 5.74) is 0. The van der Waals surface area contributed by atoms with E-state index in [1.54, 1.807) is 7.11 Å². The van der Waals surface area contributed by atoms with Crippen molar-refractivity contribution in [3.05, 3.63) is 0 Å². The van der Waals surface area contributed by atoms with Crippen molar-refractivity contribution in [3.63, 3.8) is 0 Å². The molecule has 0 radical (unpaired) electrons. The summed E-state index contributed by atoms with van der Waals surface area (Å²) >= 11 is 0. The zero-order valence-electron chi connectivity index (χ0n) is 7.27. The topological polar surface area (TPSA) is 12.5 Å². The van der Waals surface area contributed by atoms with Crippen molar-refractivity contribution in [2.75, 3.05) is 34.9 Å². The summed E-state index contributed by atoms with van der Waals surface area (Å²) in [6.45, 7) is 2.98. The largest absolute Gasteiger partial charge is 0.385 e. The second-order valence-electron chi connectivity index (χ2n) is 2.33. The number of ether oxygens (including phenoxy) is 1. The SMILES string of the molecule is C.C.C.C.CCCOC.CN(C)C. The molecule has 0 unspecified atom stereocenters. The first-order valence-electron chi connectivity index (χ1n) is 3.25. The predicted octanol–water partition coefficient (Wildman–Crippen LogP) is 3.77. The second kappa shape index (κ2) is 40.6. The van der Waals surface area contributed by atoms with Crippen LogP contribution in [0.5, 0.6) is 0 Å². The van der Waals surface area contributed by atoms with Gasteiger partial charge in [-0.05, 0) is 27.6 Å². The van der Waals surface area contributed by atoms with E-state index in [1.165, 1.54) is 0 Å². The Balaban J connectivity index is -0.0000000146. The molecule has 0 amide bonds. The lowest BCUT2D eigenvalue weighted by Crippen LogP contribution is -1.99. The predicted molar refractivity (Wildman–Crippen MR) is 68.7 cm³/mol. The Bertz CT molecular complexity index is 34.3. The zero-order valence-corrected chi connectivity index (χ0v) is 7.27. The van der Waals surface area contributed by atoms with Crippen LogP contribution in [0.25, 0.3) is 0 Å². The van der Waals surface area contributed by atoms with Crippen LogP contribution in [0.1, 0.15) is 43.1 Å². The van der Waals surface area contributed by atoms with E-state index in [2.05, 4.69) is 6.92 Å². The highest BCUT2D eigenvalue weighted by Gasteiger charge is 1.66. The molecule has 0 spiro atoms. The van der Waals surface area contributed by atoms with Crippen LogP contribution in [0.2, 0.25) is 0 Å². The van der Waals surface area contributed by atoms with E-state index in [0.717, 1.165) is 13.0 Å². The second-order valence-corrected chi connectivity index (χ2v) is 2.33. The molecule has 2 nitrogen and oxygen atoms in total. The number of nitrogens with zero attached hydrogens (tertiary/aromatic N) is 1. The first-order chi connectivity index (χ1) is 4.15. The third kappa shape index (κ3) is 318. The molecule has 0 bridgehead atoms. The molecule has 0 saturated carbocycles. The molecule has 0 N–H and O–H groups in total. The normalized spacial score (nSPS) is 6.00. The molecule has 0 aromatic heterocycles. The minimum absolute atomic E-state index is 0. The molecule has 90 valence electrons. The first kappa shape index (κ1) is 38.3. The van der Waals surface area contributed by atoms with Crippen molar-refractivity contribution >= 4 is 0 Å². The Morgan fingerprint density at radius 2 is 1.15 bits per heavy atom. The molecule has 13 heavy (non-hydrogen) atoms. The van der Waals surface area contributed by atoms with Crippen molar-refractivity contribution in [1.29, 1.82) is 0 Å². The van der Waals surface area contributed by atoms with Crippen molar-refractivity contribution in [1.82, 2.24) is 4.90 Å². The van der Waals surface area contributed by atoms with Gasteiger partial charge in [-0.3, -0.25) is 0 Å². The monoisotopic (exact) mass is 197 g/mol. The third-order valence-corrected chi connectivity index (χ3v) is 0.408. The van der Waals surface area contributed by atoms with Crippen LogP contribution >= 0.6 is 0 Å². The van der Waals surface area contributed by atoms with E-state index >= 15 is 0 Å². The molecule has 0 aliphatic carbocycles. The van der Waals surface area contributed by atoms with Crippen LogP contribution in [-0.4, -0.2) is 39.8 Å². The molecule has 0 heterocycles. The van der Waals surface area contributed by atoms with Gasteiger partial charge in [0.05, 0.1) is 0 Å². The van der Waals surface area contributed by atoms with E-state index in [0.29, 0.717) is 0 Å². The standard InChI is InChI=1S/C4H10O.C3H9N.4CH4/c1-3-4-5-2;1-4(2)3;;;;/h3-4H2,1-2H3;1-3H3;4*1H4. The first-order valence-corrected chi connectivity index (χ1v) is 3.25. The van der Waals surface area contributed by atoms with Crippen molar-refractivity contribution in [2.45, 2.75) is 43.1 Å². The molecule has 0 rings (SSSR count). The van der Waals surface area contributed by atoms with Crippen LogP contribution in [0, 0.1) is 0 Å². The minimum Gasteiger partial charge on any atom is -0.385 e. The fourth-order valence-corrected chi connectivity index (χ4v) is 0.204. The van der Waals surface area contributed by atoms with E-state index in [-0.39, 0.29) is 29.7 Å². The molecule has 0 aromatic rings. The summed E-state index contributed by atoms with van der Waals surface area (Å²) in [6, 6.07) is 0. The molecular formula is C11H35NO. The van der Waals surface area contributed by atoms with Gasteiger partial charge in [-0.2, -0.15) is 0 Å². The zero-order chi connectivity index (χ0) is 7.70. The summed E-state index contributed by atoms with van der Waals surface area (Å²) in [4.78, 5) is 2.00. The lowest BCUT2D eigenvalue weighted by Gasteiger charge is -1.90. The van der Waals surface area contributed by atoms with Crippen LogP contribution in [0.4, 0.5) is 0 Å². The third-order valence-electron chi connectivity index (χ3n) is 0.408. The van der Waals surface area contributed by atoms with E-state index in [4.69, 9.17) is 4.74 Å². The lowest BCUT2D eigenvalue weighted by atomic mass is 10.5.